The number of hydrogen-bond donors (Lipinski definition) is 0. The van der Waals surface area contributed by atoms with E-state index in [2.05, 4.69) is 94.7 Å². The Hall–Kier alpha value is -6.33. The summed E-state index contributed by atoms with van der Waals surface area (Å²) in [5.41, 5.74) is 14.2. The van der Waals surface area contributed by atoms with Gasteiger partial charge in [-0.05, 0) is 67.3 Å². The van der Waals surface area contributed by atoms with Crippen LogP contribution in [-0.2, 0) is 0 Å². The number of aliphatic imine (C=N–C) groups is 1. The molecule has 0 saturated carbocycles. The van der Waals surface area contributed by atoms with Crippen LogP contribution >= 0.6 is 0 Å². The normalized spacial score (nSPS) is 12.7. The SMILES string of the molecule is C#Cc1cccc(/C=C/C(=C\C=C/C)c2ncnc(-c3cccc(C4=C=CN=CC=C4)c3)c2C)c1/C=C\C.C=C/C=C\c1ccccc1. The van der Waals surface area contributed by atoms with E-state index >= 15 is 0 Å². The second-order valence-electron chi connectivity index (χ2n) is 10.6. The quantitative estimate of drug-likeness (QED) is 0.106. The molecule has 1 aliphatic rings. The van der Waals surface area contributed by atoms with Crippen LogP contribution < -0.4 is 0 Å². The number of hydrogen-bond acceptors (Lipinski definition) is 3. The van der Waals surface area contributed by atoms with Gasteiger partial charge >= 0.3 is 0 Å². The van der Waals surface area contributed by atoms with Crippen molar-refractivity contribution in [3.63, 3.8) is 0 Å². The van der Waals surface area contributed by atoms with Crippen LogP contribution in [0.25, 0.3) is 40.6 Å². The molecule has 4 aromatic rings. The minimum atomic E-state index is 0.865. The van der Waals surface area contributed by atoms with E-state index in [0.717, 1.165) is 55.9 Å². The Morgan fingerprint density at radius 3 is 2.46 bits per heavy atom. The van der Waals surface area contributed by atoms with E-state index in [1.165, 1.54) is 5.56 Å². The third-order valence-electron chi connectivity index (χ3n) is 7.30. The van der Waals surface area contributed by atoms with E-state index < -0.39 is 0 Å². The fourth-order valence-corrected chi connectivity index (χ4v) is 4.98. The van der Waals surface area contributed by atoms with E-state index in [1.807, 2.05) is 98.9 Å². The molecular formula is C45H39N3. The smallest absolute Gasteiger partial charge is 0.116 e. The van der Waals surface area contributed by atoms with Gasteiger partial charge in [-0.1, -0.05) is 140 Å². The molecule has 234 valence electrons. The van der Waals surface area contributed by atoms with Crippen molar-refractivity contribution in [3.05, 3.63) is 191 Å². The molecule has 0 fully saturated rings. The standard InChI is InChI=1S/C35H29N3.C10H10/c1-5-8-13-30(20-19-29-15-9-14-27(7-3)33(29)12-6-2)34-26(4)35(38-25-37-34)32-17-10-16-31(24-32)28-18-11-22-36-23-21-28;1-2-3-7-10-8-5-4-6-9-10/h3,5-6,8-20,22-25H,1-2,4H3;2-9H,1H2/b8-5-,12-6-,20-19+,30-13+;7-3-. The number of terminal acetylenes is 1. The van der Waals surface area contributed by atoms with Crippen molar-refractivity contribution in [2.24, 2.45) is 4.99 Å². The van der Waals surface area contributed by atoms with Crippen LogP contribution in [0.5, 0.6) is 0 Å². The molecule has 3 aromatic carbocycles. The average molecular weight is 622 g/mol. The van der Waals surface area contributed by atoms with Gasteiger partial charge in [0.2, 0.25) is 0 Å². The fourth-order valence-electron chi connectivity index (χ4n) is 4.98. The highest BCUT2D eigenvalue weighted by Crippen LogP contribution is 2.30. The van der Waals surface area contributed by atoms with Crippen molar-refractivity contribution in [1.82, 2.24) is 9.97 Å². The molecule has 0 saturated heterocycles. The molecule has 0 N–H and O–H groups in total. The Labute approximate surface area is 285 Å². The first-order valence-corrected chi connectivity index (χ1v) is 15.7. The van der Waals surface area contributed by atoms with Crippen molar-refractivity contribution < 1.29 is 0 Å². The minimum absolute atomic E-state index is 0.865. The molecule has 5 rings (SSSR count). The summed E-state index contributed by atoms with van der Waals surface area (Å²) in [7, 11) is 0. The third kappa shape index (κ3) is 9.59. The van der Waals surface area contributed by atoms with Gasteiger partial charge < -0.3 is 0 Å². The van der Waals surface area contributed by atoms with Crippen LogP contribution in [0.2, 0.25) is 0 Å². The topological polar surface area (TPSA) is 38.1 Å². The van der Waals surface area contributed by atoms with Gasteiger partial charge in [0.1, 0.15) is 6.33 Å². The van der Waals surface area contributed by atoms with Crippen LogP contribution in [0.1, 0.15) is 52.9 Å². The summed E-state index contributed by atoms with van der Waals surface area (Å²) in [6, 6.07) is 24.5. The lowest BCUT2D eigenvalue weighted by Gasteiger charge is -2.12. The van der Waals surface area contributed by atoms with Gasteiger partial charge in [0.15, 0.2) is 0 Å². The molecule has 2 heterocycles. The monoisotopic (exact) mass is 621 g/mol. The Kier molecular flexibility index (Phi) is 13.4. The molecule has 0 unspecified atom stereocenters. The predicted molar refractivity (Wildman–Crippen MR) is 208 cm³/mol. The van der Waals surface area contributed by atoms with Crippen LogP contribution in [0, 0.1) is 19.3 Å². The predicted octanol–water partition coefficient (Wildman–Crippen LogP) is 11.2. The highest BCUT2D eigenvalue weighted by Gasteiger charge is 2.13. The molecule has 0 radical (unpaired) electrons. The highest BCUT2D eigenvalue weighted by atomic mass is 14.8. The van der Waals surface area contributed by atoms with E-state index in [1.54, 1.807) is 24.8 Å². The van der Waals surface area contributed by atoms with Crippen molar-refractivity contribution in [1.29, 1.82) is 0 Å². The van der Waals surface area contributed by atoms with Gasteiger partial charge in [-0.3, -0.25) is 4.99 Å². The summed E-state index contributed by atoms with van der Waals surface area (Å²) in [4.78, 5) is 13.5. The van der Waals surface area contributed by atoms with Crippen LogP contribution in [0.3, 0.4) is 0 Å². The summed E-state index contributed by atoms with van der Waals surface area (Å²) in [5.74, 6) is 2.79. The van der Waals surface area contributed by atoms with Crippen molar-refractivity contribution >= 4 is 35.6 Å². The van der Waals surface area contributed by atoms with Crippen LogP contribution in [0.4, 0.5) is 0 Å². The summed E-state index contributed by atoms with van der Waals surface area (Å²) in [5, 5.41) is 0. The Morgan fingerprint density at radius 1 is 0.875 bits per heavy atom. The molecule has 3 nitrogen and oxygen atoms in total. The second-order valence-corrected chi connectivity index (χ2v) is 10.6. The third-order valence-corrected chi connectivity index (χ3v) is 7.30. The Bertz CT molecular complexity index is 2050. The van der Waals surface area contributed by atoms with Crippen molar-refractivity contribution in [2.45, 2.75) is 20.8 Å². The van der Waals surface area contributed by atoms with Crippen molar-refractivity contribution in [3.8, 4) is 23.6 Å². The molecule has 3 heteroatoms. The van der Waals surface area contributed by atoms with Gasteiger partial charge in [-0.25, -0.2) is 9.97 Å². The molecule has 0 bridgehead atoms. The number of rotatable bonds is 9. The lowest BCUT2D eigenvalue weighted by molar-refractivity contribution is 1.11. The van der Waals surface area contributed by atoms with E-state index in [0.29, 0.717) is 0 Å². The summed E-state index contributed by atoms with van der Waals surface area (Å²) >= 11 is 0. The molecule has 0 aliphatic carbocycles. The summed E-state index contributed by atoms with van der Waals surface area (Å²) in [6.07, 6.45) is 34.8. The highest BCUT2D eigenvalue weighted by molar-refractivity contribution is 5.86. The number of allylic oxidation sites excluding steroid dienone is 11. The number of nitrogens with zero attached hydrogens (tertiary/aromatic N) is 3. The first-order chi connectivity index (χ1) is 23.6. The second kappa shape index (κ2) is 18.6. The lowest BCUT2D eigenvalue weighted by atomic mass is 9.96. The summed E-state index contributed by atoms with van der Waals surface area (Å²) < 4.78 is 0. The molecular weight excluding hydrogens is 583 g/mol. The summed E-state index contributed by atoms with van der Waals surface area (Å²) in [6.45, 7) is 9.65. The molecule has 0 amide bonds. The number of aromatic nitrogens is 2. The molecule has 1 aliphatic heterocycles. The van der Waals surface area contributed by atoms with Gasteiger partial charge in [-0.15, -0.1) is 6.42 Å². The van der Waals surface area contributed by atoms with E-state index in [-0.39, 0.29) is 0 Å². The minimum Gasteiger partial charge on any atom is -0.256 e. The fraction of sp³-hybridized carbons (Fsp3) is 0.0667. The molecule has 0 spiro atoms. The number of benzene rings is 3. The largest absolute Gasteiger partial charge is 0.256 e. The van der Waals surface area contributed by atoms with Crippen molar-refractivity contribution in [2.75, 3.05) is 0 Å². The molecule has 0 atom stereocenters. The molecule has 48 heavy (non-hydrogen) atoms. The maximum absolute atomic E-state index is 5.76. The van der Waals surface area contributed by atoms with Gasteiger partial charge in [0.05, 0.1) is 17.6 Å². The zero-order valence-corrected chi connectivity index (χ0v) is 27.7. The van der Waals surface area contributed by atoms with Gasteiger partial charge in [0, 0.05) is 34.1 Å². The zero-order chi connectivity index (χ0) is 34.0. The van der Waals surface area contributed by atoms with Gasteiger partial charge in [0.25, 0.3) is 0 Å². The average Bonchev–Trinajstić information content (AvgIpc) is 3.42. The van der Waals surface area contributed by atoms with Crippen LogP contribution in [-0.4, -0.2) is 16.2 Å². The Balaban J connectivity index is 0.000000445. The first-order valence-electron chi connectivity index (χ1n) is 15.7. The van der Waals surface area contributed by atoms with E-state index in [9.17, 15) is 0 Å². The maximum Gasteiger partial charge on any atom is 0.116 e. The first kappa shape index (κ1) is 34.5. The zero-order valence-electron chi connectivity index (χ0n) is 27.7. The lowest BCUT2D eigenvalue weighted by Crippen LogP contribution is -1.98. The van der Waals surface area contributed by atoms with Crippen LogP contribution in [0.15, 0.2) is 157 Å². The maximum atomic E-state index is 5.76. The van der Waals surface area contributed by atoms with E-state index in [4.69, 9.17) is 6.42 Å². The van der Waals surface area contributed by atoms with Gasteiger partial charge in [-0.2, -0.15) is 0 Å². The molecule has 1 aromatic heterocycles. The Morgan fingerprint density at radius 2 is 1.69 bits per heavy atom.